The number of carbonyl (C=O) groups is 1. The van der Waals surface area contributed by atoms with Gasteiger partial charge in [-0.2, -0.15) is 0 Å². The number of hydrogen-bond donors (Lipinski definition) is 2. The number of carboxylic acids is 1. The van der Waals surface area contributed by atoms with Crippen LogP contribution in [0.5, 0.6) is 11.5 Å². The fourth-order valence-corrected chi connectivity index (χ4v) is 3.92. The van der Waals surface area contributed by atoms with E-state index in [-0.39, 0.29) is 23.0 Å². The number of hydrogen-bond acceptors (Lipinski definition) is 3. The van der Waals surface area contributed by atoms with Gasteiger partial charge in [0.25, 0.3) is 0 Å². The standard InChI is InChI=1S/C26H29FO4/c1-16(2)9-14-21-23(31-20-7-5-4-6-8-20)15-22(24(25(21)28)26(29)30)17(3)18-10-12-19(27)13-11-18/h9-13,15,20,28H,3-8,14H2,1-2H3,(H,29,30). The van der Waals surface area contributed by atoms with E-state index in [1.165, 1.54) is 18.6 Å². The number of ether oxygens (including phenoxy) is 1. The number of carboxylic acid groups (broad SMARTS) is 1. The van der Waals surface area contributed by atoms with Crippen LogP contribution >= 0.6 is 0 Å². The molecule has 0 atom stereocenters. The lowest BCUT2D eigenvalue weighted by molar-refractivity contribution is 0.0693. The van der Waals surface area contributed by atoms with Crippen LogP contribution in [0.3, 0.4) is 0 Å². The first kappa shape index (κ1) is 22.6. The van der Waals surface area contributed by atoms with Gasteiger partial charge in [0.15, 0.2) is 0 Å². The van der Waals surface area contributed by atoms with Crippen molar-refractivity contribution in [2.75, 3.05) is 0 Å². The Morgan fingerprint density at radius 2 is 1.84 bits per heavy atom. The topological polar surface area (TPSA) is 66.8 Å². The van der Waals surface area contributed by atoms with Crippen molar-refractivity contribution in [2.24, 2.45) is 0 Å². The summed E-state index contributed by atoms with van der Waals surface area (Å²) in [6, 6.07) is 7.34. The minimum absolute atomic E-state index is 0.0289. The van der Waals surface area contributed by atoms with E-state index in [2.05, 4.69) is 6.58 Å². The van der Waals surface area contributed by atoms with Crippen LogP contribution in [0.25, 0.3) is 5.57 Å². The Morgan fingerprint density at radius 3 is 2.42 bits per heavy atom. The molecule has 1 fully saturated rings. The second-order valence-electron chi connectivity index (χ2n) is 8.28. The predicted molar refractivity (Wildman–Crippen MR) is 120 cm³/mol. The van der Waals surface area contributed by atoms with Crippen molar-refractivity contribution in [1.29, 1.82) is 0 Å². The van der Waals surface area contributed by atoms with Crippen LogP contribution in [0.4, 0.5) is 4.39 Å². The molecule has 0 radical (unpaired) electrons. The van der Waals surface area contributed by atoms with Gasteiger partial charge in [0.05, 0.1) is 6.10 Å². The zero-order chi connectivity index (χ0) is 22.5. The Morgan fingerprint density at radius 1 is 1.19 bits per heavy atom. The van der Waals surface area contributed by atoms with E-state index in [1.807, 2.05) is 19.9 Å². The highest BCUT2D eigenvalue weighted by molar-refractivity contribution is 6.00. The van der Waals surface area contributed by atoms with Gasteiger partial charge in [-0.3, -0.25) is 0 Å². The second kappa shape index (κ2) is 9.82. The normalized spacial score (nSPS) is 14.2. The molecule has 0 amide bonds. The van der Waals surface area contributed by atoms with Gasteiger partial charge < -0.3 is 14.9 Å². The molecule has 0 saturated heterocycles. The van der Waals surface area contributed by atoms with E-state index >= 15 is 0 Å². The number of phenols is 1. The summed E-state index contributed by atoms with van der Waals surface area (Å²) in [6.07, 6.45) is 7.53. The Kier molecular flexibility index (Phi) is 7.16. The number of benzene rings is 2. The van der Waals surface area contributed by atoms with Crippen LogP contribution in [-0.2, 0) is 6.42 Å². The quantitative estimate of drug-likeness (QED) is 0.497. The van der Waals surface area contributed by atoms with Crippen molar-refractivity contribution >= 4 is 11.5 Å². The molecule has 2 aromatic carbocycles. The first-order chi connectivity index (χ1) is 14.8. The summed E-state index contributed by atoms with van der Waals surface area (Å²) in [5.41, 5.74) is 2.52. The monoisotopic (exact) mass is 424 g/mol. The summed E-state index contributed by atoms with van der Waals surface area (Å²) in [5, 5.41) is 20.9. The molecule has 1 aliphatic carbocycles. The Balaban J connectivity index is 2.14. The van der Waals surface area contributed by atoms with Crippen LogP contribution in [-0.4, -0.2) is 22.3 Å². The fourth-order valence-electron chi connectivity index (χ4n) is 3.92. The molecule has 4 nitrogen and oxygen atoms in total. The van der Waals surface area contributed by atoms with Gasteiger partial charge in [0, 0.05) is 11.1 Å². The van der Waals surface area contributed by atoms with Gasteiger partial charge in [0.2, 0.25) is 0 Å². The maximum Gasteiger partial charge on any atom is 0.340 e. The molecule has 5 heteroatoms. The van der Waals surface area contributed by atoms with Crippen molar-refractivity contribution in [2.45, 2.75) is 58.5 Å². The minimum Gasteiger partial charge on any atom is -0.507 e. The summed E-state index contributed by atoms with van der Waals surface area (Å²) >= 11 is 0. The molecule has 0 unspecified atom stereocenters. The second-order valence-corrected chi connectivity index (χ2v) is 8.28. The third-order valence-electron chi connectivity index (χ3n) is 5.66. The van der Waals surface area contributed by atoms with Crippen LogP contribution in [0.1, 0.15) is 73.0 Å². The van der Waals surface area contributed by atoms with Crippen LogP contribution in [0, 0.1) is 5.82 Å². The minimum atomic E-state index is -1.25. The first-order valence-electron chi connectivity index (χ1n) is 10.6. The number of aromatic hydroxyl groups is 1. The average molecular weight is 425 g/mol. The van der Waals surface area contributed by atoms with E-state index in [1.54, 1.807) is 18.2 Å². The summed E-state index contributed by atoms with van der Waals surface area (Å²) in [5.74, 6) is -1.48. The molecular weight excluding hydrogens is 395 g/mol. The number of rotatable bonds is 7. The zero-order valence-corrected chi connectivity index (χ0v) is 18.1. The van der Waals surface area contributed by atoms with Crippen LogP contribution < -0.4 is 4.74 Å². The lowest BCUT2D eigenvalue weighted by atomic mass is 9.91. The van der Waals surface area contributed by atoms with E-state index < -0.39 is 11.8 Å². The van der Waals surface area contributed by atoms with Gasteiger partial charge in [-0.05, 0) is 75.3 Å². The molecule has 2 N–H and O–H groups in total. The number of halogens is 1. The molecule has 1 saturated carbocycles. The van der Waals surface area contributed by atoms with Gasteiger partial charge in [-0.15, -0.1) is 0 Å². The van der Waals surface area contributed by atoms with Gasteiger partial charge >= 0.3 is 5.97 Å². The Hall–Kier alpha value is -3.08. The third kappa shape index (κ3) is 5.35. The van der Waals surface area contributed by atoms with Gasteiger partial charge in [0.1, 0.15) is 22.9 Å². The summed E-state index contributed by atoms with van der Waals surface area (Å²) in [4.78, 5) is 12.1. The van der Waals surface area contributed by atoms with Gasteiger partial charge in [-0.25, -0.2) is 9.18 Å². The fraction of sp³-hybridized carbons (Fsp3) is 0.346. The molecule has 31 heavy (non-hydrogen) atoms. The summed E-state index contributed by atoms with van der Waals surface area (Å²) < 4.78 is 19.7. The molecule has 164 valence electrons. The largest absolute Gasteiger partial charge is 0.507 e. The smallest absolute Gasteiger partial charge is 0.340 e. The molecule has 0 aromatic heterocycles. The van der Waals surface area contributed by atoms with Crippen molar-refractivity contribution in [3.63, 3.8) is 0 Å². The average Bonchev–Trinajstić information content (AvgIpc) is 2.73. The van der Waals surface area contributed by atoms with Crippen molar-refractivity contribution in [3.8, 4) is 11.5 Å². The highest BCUT2D eigenvalue weighted by Crippen LogP contribution is 2.40. The van der Waals surface area contributed by atoms with E-state index in [0.29, 0.717) is 28.9 Å². The van der Waals surface area contributed by atoms with Gasteiger partial charge in [-0.1, -0.05) is 36.8 Å². The lowest BCUT2D eigenvalue weighted by Gasteiger charge is -2.26. The predicted octanol–water partition coefficient (Wildman–Crippen LogP) is 6.51. The molecule has 1 aliphatic rings. The van der Waals surface area contributed by atoms with E-state index in [4.69, 9.17) is 4.74 Å². The third-order valence-corrected chi connectivity index (χ3v) is 5.66. The maximum absolute atomic E-state index is 13.4. The van der Waals surface area contributed by atoms with E-state index in [9.17, 15) is 19.4 Å². The molecule has 0 bridgehead atoms. The molecular formula is C26H29FO4. The maximum atomic E-state index is 13.4. The highest BCUT2D eigenvalue weighted by Gasteiger charge is 2.26. The lowest BCUT2D eigenvalue weighted by Crippen LogP contribution is -2.21. The van der Waals surface area contributed by atoms with Crippen molar-refractivity contribution < 1.29 is 24.1 Å². The highest BCUT2D eigenvalue weighted by atomic mass is 19.1. The summed E-state index contributed by atoms with van der Waals surface area (Å²) in [7, 11) is 0. The van der Waals surface area contributed by atoms with Crippen molar-refractivity contribution in [3.05, 3.63) is 76.6 Å². The molecule has 0 aliphatic heterocycles. The molecule has 0 spiro atoms. The van der Waals surface area contributed by atoms with Crippen molar-refractivity contribution in [1.82, 2.24) is 0 Å². The SMILES string of the molecule is C=C(c1ccc(F)cc1)c1cc(OC2CCCCC2)c(CC=C(C)C)c(O)c1C(=O)O. The number of allylic oxidation sites excluding steroid dienone is 2. The van der Waals surface area contributed by atoms with Crippen LogP contribution in [0.15, 0.2) is 48.6 Å². The zero-order valence-electron chi connectivity index (χ0n) is 18.1. The first-order valence-corrected chi connectivity index (χ1v) is 10.6. The molecule has 2 aromatic rings. The van der Waals surface area contributed by atoms with E-state index in [0.717, 1.165) is 31.3 Å². The Bertz CT molecular complexity index is 995. The van der Waals surface area contributed by atoms with Crippen LogP contribution in [0.2, 0.25) is 0 Å². The molecule has 0 heterocycles. The Labute approximate surface area is 182 Å². The summed E-state index contributed by atoms with van der Waals surface area (Å²) in [6.45, 7) is 7.93. The number of aromatic carboxylic acids is 1. The molecule has 3 rings (SSSR count).